The van der Waals surface area contributed by atoms with E-state index >= 15 is 0 Å². The minimum Gasteiger partial charge on any atom is -0.506 e. The Bertz CT molecular complexity index is 273. The highest BCUT2D eigenvalue weighted by molar-refractivity contribution is 7.98. The van der Waals surface area contributed by atoms with E-state index in [0.29, 0.717) is 10.8 Å². The molecule has 0 saturated carbocycles. The van der Waals surface area contributed by atoms with Crippen molar-refractivity contribution in [2.45, 2.75) is 11.8 Å². The van der Waals surface area contributed by atoms with Crippen molar-refractivity contribution in [1.82, 2.24) is 0 Å². The third-order valence-electron chi connectivity index (χ3n) is 1.49. The first-order chi connectivity index (χ1) is 5.16. The Balaban J connectivity index is 3.29. The van der Waals surface area contributed by atoms with Crippen LogP contribution in [0.3, 0.4) is 0 Å². The molecule has 0 atom stereocenters. The highest BCUT2D eigenvalue weighted by atomic mass is 35.5. The fraction of sp³-hybridized carbons (Fsp3) is 0.250. The Labute approximate surface area is 75.4 Å². The molecule has 0 aliphatic heterocycles. The molecule has 0 amide bonds. The Morgan fingerprint density at radius 2 is 2.09 bits per heavy atom. The van der Waals surface area contributed by atoms with Crippen LogP contribution in [0.1, 0.15) is 5.56 Å². The van der Waals surface area contributed by atoms with Gasteiger partial charge in [0.2, 0.25) is 0 Å². The van der Waals surface area contributed by atoms with Crippen LogP contribution in [-0.2, 0) is 0 Å². The molecular formula is C8H9ClOS. The fourth-order valence-corrected chi connectivity index (χ4v) is 1.84. The van der Waals surface area contributed by atoms with Gasteiger partial charge in [-0.25, -0.2) is 0 Å². The third kappa shape index (κ3) is 1.63. The number of phenolic OH excluding ortho intramolecular Hbond substituents is 1. The number of phenols is 1. The summed E-state index contributed by atoms with van der Waals surface area (Å²) in [6, 6.07) is 3.60. The summed E-state index contributed by atoms with van der Waals surface area (Å²) in [5.74, 6) is 0.296. The van der Waals surface area contributed by atoms with Crippen LogP contribution < -0.4 is 0 Å². The number of hydrogen-bond acceptors (Lipinski definition) is 2. The lowest BCUT2D eigenvalue weighted by atomic mass is 10.2. The monoisotopic (exact) mass is 188 g/mol. The van der Waals surface area contributed by atoms with Gasteiger partial charge in [0.25, 0.3) is 0 Å². The zero-order valence-electron chi connectivity index (χ0n) is 6.39. The molecule has 11 heavy (non-hydrogen) atoms. The van der Waals surface area contributed by atoms with Gasteiger partial charge in [-0.2, -0.15) is 0 Å². The molecule has 0 unspecified atom stereocenters. The van der Waals surface area contributed by atoms with Crippen molar-refractivity contribution in [1.29, 1.82) is 0 Å². The predicted molar refractivity (Wildman–Crippen MR) is 49.6 cm³/mol. The lowest BCUT2D eigenvalue weighted by Gasteiger charge is -2.05. The minimum absolute atomic E-state index is 0.296. The van der Waals surface area contributed by atoms with Gasteiger partial charge in [-0.3, -0.25) is 0 Å². The summed E-state index contributed by atoms with van der Waals surface area (Å²) in [6.07, 6.45) is 1.89. The van der Waals surface area contributed by atoms with E-state index in [1.165, 1.54) is 11.8 Å². The van der Waals surface area contributed by atoms with Crippen molar-refractivity contribution in [3.05, 3.63) is 22.7 Å². The van der Waals surface area contributed by atoms with Crippen molar-refractivity contribution in [2.75, 3.05) is 6.26 Å². The van der Waals surface area contributed by atoms with E-state index in [-0.39, 0.29) is 0 Å². The van der Waals surface area contributed by atoms with Crippen molar-refractivity contribution in [3.63, 3.8) is 0 Å². The summed E-state index contributed by atoms with van der Waals surface area (Å²) in [4.78, 5) is 0.756. The maximum atomic E-state index is 9.47. The standard InChI is InChI=1S/C8H9ClOS/c1-5-3-4-6(9)8(11-2)7(5)10/h3-4,10H,1-2H3. The number of aryl methyl sites for hydroxylation is 1. The van der Waals surface area contributed by atoms with Crippen LogP contribution in [0.4, 0.5) is 0 Å². The zero-order valence-corrected chi connectivity index (χ0v) is 7.96. The first-order valence-corrected chi connectivity index (χ1v) is 4.79. The highest BCUT2D eigenvalue weighted by Gasteiger charge is 2.06. The molecule has 0 saturated heterocycles. The van der Waals surface area contributed by atoms with Crippen molar-refractivity contribution in [2.24, 2.45) is 0 Å². The fourth-order valence-electron chi connectivity index (χ4n) is 0.839. The van der Waals surface area contributed by atoms with E-state index in [0.717, 1.165) is 10.5 Å². The van der Waals surface area contributed by atoms with Gasteiger partial charge in [0.05, 0.1) is 9.92 Å². The molecule has 0 spiro atoms. The van der Waals surface area contributed by atoms with Crippen LogP contribution in [0, 0.1) is 6.92 Å². The molecule has 1 aromatic carbocycles. The molecule has 1 rings (SSSR count). The number of halogens is 1. The number of rotatable bonds is 1. The molecule has 1 aromatic rings. The van der Waals surface area contributed by atoms with Gasteiger partial charge in [-0.15, -0.1) is 11.8 Å². The number of hydrogen-bond donors (Lipinski definition) is 1. The molecule has 1 N–H and O–H groups in total. The zero-order chi connectivity index (χ0) is 8.43. The summed E-state index contributed by atoms with van der Waals surface area (Å²) in [5.41, 5.74) is 0.860. The van der Waals surface area contributed by atoms with Gasteiger partial charge in [0.1, 0.15) is 5.75 Å². The second kappa shape index (κ2) is 3.37. The van der Waals surface area contributed by atoms with Gasteiger partial charge in [-0.1, -0.05) is 17.7 Å². The summed E-state index contributed by atoms with van der Waals surface area (Å²) < 4.78 is 0. The van der Waals surface area contributed by atoms with Crippen molar-refractivity contribution in [3.8, 4) is 5.75 Å². The lowest BCUT2D eigenvalue weighted by molar-refractivity contribution is 0.458. The van der Waals surface area contributed by atoms with Crippen LogP contribution >= 0.6 is 23.4 Å². The topological polar surface area (TPSA) is 20.2 Å². The first kappa shape index (κ1) is 8.75. The van der Waals surface area contributed by atoms with E-state index in [4.69, 9.17) is 11.6 Å². The van der Waals surface area contributed by atoms with Gasteiger partial charge >= 0.3 is 0 Å². The molecule has 0 aliphatic carbocycles. The minimum atomic E-state index is 0.296. The number of thioether (sulfide) groups is 1. The molecule has 0 aliphatic rings. The van der Waals surface area contributed by atoms with Gasteiger partial charge in [0.15, 0.2) is 0 Å². The van der Waals surface area contributed by atoms with E-state index in [9.17, 15) is 5.11 Å². The molecule has 60 valence electrons. The van der Waals surface area contributed by atoms with Crippen LogP contribution in [0.2, 0.25) is 5.02 Å². The first-order valence-electron chi connectivity index (χ1n) is 3.19. The van der Waals surface area contributed by atoms with Crippen LogP contribution in [0.5, 0.6) is 5.75 Å². The summed E-state index contributed by atoms with van der Waals surface area (Å²) in [7, 11) is 0. The lowest BCUT2D eigenvalue weighted by Crippen LogP contribution is -1.79. The Morgan fingerprint density at radius 1 is 1.45 bits per heavy atom. The quantitative estimate of drug-likeness (QED) is 0.684. The summed E-state index contributed by atoms with van der Waals surface area (Å²) in [6.45, 7) is 1.85. The van der Waals surface area contributed by atoms with Crippen molar-refractivity contribution < 1.29 is 5.11 Å². The van der Waals surface area contributed by atoms with Gasteiger partial charge in [0, 0.05) is 0 Å². The van der Waals surface area contributed by atoms with Crippen LogP contribution in [-0.4, -0.2) is 11.4 Å². The van der Waals surface area contributed by atoms with E-state index in [1.54, 1.807) is 12.1 Å². The number of aromatic hydroxyl groups is 1. The molecule has 0 fully saturated rings. The second-order valence-electron chi connectivity index (χ2n) is 2.25. The summed E-state index contributed by atoms with van der Waals surface area (Å²) >= 11 is 7.28. The average Bonchev–Trinajstić information content (AvgIpc) is 1.99. The molecule has 1 nitrogen and oxygen atoms in total. The van der Waals surface area contributed by atoms with Gasteiger partial charge in [-0.05, 0) is 24.8 Å². The van der Waals surface area contributed by atoms with E-state index in [1.807, 2.05) is 13.2 Å². The van der Waals surface area contributed by atoms with Crippen LogP contribution in [0.25, 0.3) is 0 Å². The maximum Gasteiger partial charge on any atom is 0.133 e. The maximum absolute atomic E-state index is 9.47. The van der Waals surface area contributed by atoms with Crippen LogP contribution in [0.15, 0.2) is 17.0 Å². The van der Waals surface area contributed by atoms with E-state index in [2.05, 4.69) is 0 Å². The largest absolute Gasteiger partial charge is 0.506 e. The summed E-state index contributed by atoms with van der Waals surface area (Å²) in [5, 5.41) is 10.1. The third-order valence-corrected chi connectivity index (χ3v) is 2.74. The molecule has 0 aromatic heterocycles. The molecule has 0 bridgehead atoms. The smallest absolute Gasteiger partial charge is 0.133 e. The van der Waals surface area contributed by atoms with Gasteiger partial charge < -0.3 is 5.11 Å². The molecular weight excluding hydrogens is 180 g/mol. The Kier molecular flexibility index (Phi) is 2.68. The number of benzene rings is 1. The molecule has 0 radical (unpaired) electrons. The molecule has 3 heteroatoms. The Hall–Kier alpha value is -0.340. The predicted octanol–water partition coefficient (Wildman–Crippen LogP) is 3.08. The highest BCUT2D eigenvalue weighted by Crippen LogP contribution is 2.35. The van der Waals surface area contributed by atoms with Crippen molar-refractivity contribution >= 4 is 23.4 Å². The Morgan fingerprint density at radius 3 is 2.55 bits per heavy atom. The van der Waals surface area contributed by atoms with E-state index < -0.39 is 0 Å². The second-order valence-corrected chi connectivity index (χ2v) is 3.47. The SMILES string of the molecule is CSc1c(Cl)ccc(C)c1O. The molecule has 0 heterocycles. The average molecular weight is 189 g/mol. The normalized spacial score (nSPS) is 10.1.